The third kappa shape index (κ3) is 5.08. The molecule has 0 radical (unpaired) electrons. The Balaban J connectivity index is 2.00. The monoisotopic (exact) mass is 421 g/mol. The van der Waals surface area contributed by atoms with Crippen molar-refractivity contribution in [2.45, 2.75) is 39.5 Å². The van der Waals surface area contributed by atoms with Crippen molar-refractivity contribution in [1.82, 2.24) is 10.2 Å². The summed E-state index contributed by atoms with van der Waals surface area (Å²) in [5, 5.41) is 10.9. The minimum Gasteiger partial charge on any atom is -0.493 e. The number of benzene rings is 2. The Morgan fingerprint density at radius 2 is 1.77 bits per heavy atom. The number of aromatic nitrogens is 2. The predicted octanol–water partition coefficient (Wildman–Crippen LogP) is 5.42. The normalized spacial score (nSPS) is 11.9. The molecular weight excluding hydrogens is 390 g/mol. The highest BCUT2D eigenvalue weighted by Gasteiger charge is 2.24. The number of ether oxygens (including phenoxy) is 2. The van der Waals surface area contributed by atoms with E-state index in [0.717, 1.165) is 28.9 Å². The zero-order chi connectivity index (χ0) is 22.4. The highest BCUT2D eigenvalue weighted by molar-refractivity contribution is 5.99. The lowest BCUT2D eigenvalue weighted by Gasteiger charge is -2.17. The molecule has 0 fully saturated rings. The molecule has 2 N–H and O–H groups in total. The largest absolute Gasteiger partial charge is 0.493 e. The van der Waals surface area contributed by atoms with Crippen molar-refractivity contribution >= 4 is 11.6 Å². The van der Waals surface area contributed by atoms with Crippen LogP contribution in [0.5, 0.6) is 11.5 Å². The summed E-state index contributed by atoms with van der Waals surface area (Å²) in [6, 6.07) is 15.5. The van der Waals surface area contributed by atoms with E-state index in [2.05, 4.69) is 29.4 Å². The molecule has 0 spiro atoms. The van der Waals surface area contributed by atoms with E-state index < -0.39 is 0 Å². The van der Waals surface area contributed by atoms with E-state index >= 15 is 0 Å². The maximum absolute atomic E-state index is 13.3. The van der Waals surface area contributed by atoms with Crippen LogP contribution in [0, 0.1) is 5.92 Å². The first-order valence-electron chi connectivity index (χ1n) is 10.6. The third-order valence-corrected chi connectivity index (χ3v) is 5.29. The maximum Gasteiger partial charge on any atom is 0.232 e. The molecule has 3 aromatic rings. The number of carbonyl (C=O) groups excluding carboxylic acids is 1. The Kier molecular flexibility index (Phi) is 7.34. The smallest absolute Gasteiger partial charge is 0.232 e. The van der Waals surface area contributed by atoms with Crippen molar-refractivity contribution in [3.05, 3.63) is 59.8 Å². The number of H-pyrrole nitrogens is 1. The Morgan fingerprint density at radius 1 is 1.06 bits per heavy atom. The molecule has 3 rings (SSSR count). The Bertz CT molecular complexity index is 1010. The van der Waals surface area contributed by atoms with Crippen molar-refractivity contribution in [2.24, 2.45) is 5.92 Å². The van der Waals surface area contributed by atoms with Crippen LogP contribution in [0.15, 0.2) is 48.5 Å². The van der Waals surface area contributed by atoms with Gasteiger partial charge in [0.2, 0.25) is 5.91 Å². The van der Waals surface area contributed by atoms with Gasteiger partial charge in [0.25, 0.3) is 0 Å². The number of anilines is 1. The minimum atomic E-state index is -0.235. The summed E-state index contributed by atoms with van der Waals surface area (Å²) in [6.45, 7) is 6.31. The van der Waals surface area contributed by atoms with E-state index in [0.29, 0.717) is 29.5 Å². The van der Waals surface area contributed by atoms with Crippen molar-refractivity contribution in [3.8, 4) is 22.8 Å². The molecule has 0 bridgehead atoms. The molecule has 0 saturated heterocycles. The van der Waals surface area contributed by atoms with E-state index in [1.807, 2.05) is 55.5 Å². The van der Waals surface area contributed by atoms with Crippen LogP contribution < -0.4 is 14.8 Å². The van der Waals surface area contributed by atoms with Gasteiger partial charge < -0.3 is 14.8 Å². The first-order chi connectivity index (χ1) is 15.0. The van der Waals surface area contributed by atoms with Crippen molar-refractivity contribution in [1.29, 1.82) is 0 Å². The number of amides is 1. The van der Waals surface area contributed by atoms with Crippen LogP contribution in [0.25, 0.3) is 11.3 Å². The molecule has 2 aromatic carbocycles. The van der Waals surface area contributed by atoms with Crippen molar-refractivity contribution in [2.75, 3.05) is 19.5 Å². The second-order valence-electron chi connectivity index (χ2n) is 7.95. The fourth-order valence-corrected chi connectivity index (χ4v) is 3.73. The molecule has 1 amide bonds. The van der Waals surface area contributed by atoms with Gasteiger partial charge in [-0.25, -0.2) is 0 Å². The molecule has 1 atom stereocenters. The fourth-order valence-electron chi connectivity index (χ4n) is 3.73. The van der Waals surface area contributed by atoms with Gasteiger partial charge in [-0.2, -0.15) is 5.10 Å². The predicted molar refractivity (Wildman–Crippen MR) is 124 cm³/mol. The maximum atomic E-state index is 13.3. The van der Waals surface area contributed by atoms with E-state index in [4.69, 9.17) is 9.47 Å². The molecule has 1 aromatic heterocycles. The number of hydrogen-bond acceptors (Lipinski definition) is 4. The number of carbonyl (C=O) groups is 1. The molecule has 0 aliphatic heterocycles. The third-order valence-electron chi connectivity index (χ3n) is 5.29. The zero-order valence-corrected chi connectivity index (χ0v) is 18.9. The minimum absolute atomic E-state index is 0.0400. The van der Waals surface area contributed by atoms with Gasteiger partial charge in [0.05, 0.1) is 31.5 Å². The molecule has 1 unspecified atom stereocenters. The lowest BCUT2D eigenvalue weighted by molar-refractivity contribution is -0.117. The molecule has 1 heterocycles. The molecular formula is C25H31N3O3. The lowest BCUT2D eigenvalue weighted by atomic mass is 9.95. The highest BCUT2D eigenvalue weighted by Crippen LogP contribution is 2.36. The number of aromatic amines is 1. The van der Waals surface area contributed by atoms with Crippen LogP contribution in [0.1, 0.15) is 44.4 Å². The van der Waals surface area contributed by atoms with Crippen LogP contribution >= 0.6 is 0 Å². The van der Waals surface area contributed by atoms with Crippen LogP contribution in [0.2, 0.25) is 0 Å². The van der Waals surface area contributed by atoms with Gasteiger partial charge in [-0.3, -0.25) is 9.89 Å². The molecule has 6 nitrogen and oxygen atoms in total. The summed E-state index contributed by atoms with van der Waals surface area (Å²) >= 11 is 0. The molecule has 0 saturated carbocycles. The van der Waals surface area contributed by atoms with Crippen LogP contribution in [0.4, 0.5) is 5.69 Å². The highest BCUT2D eigenvalue weighted by atomic mass is 16.5. The van der Waals surface area contributed by atoms with Crippen LogP contribution in [0.3, 0.4) is 0 Å². The topological polar surface area (TPSA) is 76.2 Å². The lowest BCUT2D eigenvalue weighted by Crippen LogP contribution is -2.21. The average molecular weight is 422 g/mol. The second kappa shape index (κ2) is 10.2. The van der Waals surface area contributed by atoms with Gasteiger partial charge >= 0.3 is 0 Å². The standard InChI is InChI=1S/C25H31N3O3/c1-6-19(17-10-8-7-9-11-17)25(29)26-24-20(14-16(2)3)27-28-23(24)18-12-13-21(30-4)22(15-18)31-5/h7-13,15-16,19H,6,14H2,1-5H3,(H,26,29)(H,27,28). The second-order valence-corrected chi connectivity index (χ2v) is 7.95. The summed E-state index contributed by atoms with van der Waals surface area (Å²) in [5.74, 6) is 1.39. The number of nitrogens with zero attached hydrogens (tertiary/aromatic N) is 1. The number of nitrogens with one attached hydrogen (secondary N) is 2. The number of hydrogen-bond donors (Lipinski definition) is 2. The Hall–Kier alpha value is -3.28. The van der Waals surface area contributed by atoms with E-state index in [9.17, 15) is 4.79 Å². The Labute approximate surface area is 184 Å². The number of rotatable bonds is 9. The number of methoxy groups -OCH3 is 2. The first-order valence-corrected chi connectivity index (χ1v) is 10.6. The van der Waals surface area contributed by atoms with Gasteiger partial charge in [-0.1, -0.05) is 51.1 Å². The van der Waals surface area contributed by atoms with Crippen molar-refractivity contribution in [3.63, 3.8) is 0 Å². The molecule has 6 heteroatoms. The summed E-state index contributed by atoms with van der Waals surface area (Å²) < 4.78 is 10.8. The average Bonchev–Trinajstić information content (AvgIpc) is 3.15. The summed E-state index contributed by atoms with van der Waals surface area (Å²) in [6.07, 6.45) is 1.48. The van der Waals surface area contributed by atoms with Gasteiger partial charge in [-0.05, 0) is 42.5 Å². The molecule has 31 heavy (non-hydrogen) atoms. The van der Waals surface area contributed by atoms with Crippen molar-refractivity contribution < 1.29 is 14.3 Å². The van der Waals surface area contributed by atoms with Gasteiger partial charge in [-0.15, -0.1) is 0 Å². The van der Waals surface area contributed by atoms with Crippen LogP contribution in [-0.4, -0.2) is 30.3 Å². The molecule has 0 aliphatic carbocycles. The zero-order valence-electron chi connectivity index (χ0n) is 18.9. The van der Waals surface area contributed by atoms with Gasteiger partial charge in [0, 0.05) is 5.56 Å². The molecule has 0 aliphatic rings. The summed E-state index contributed by atoms with van der Waals surface area (Å²) in [5.41, 5.74) is 4.17. The summed E-state index contributed by atoms with van der Waals surface area (Å²) in [7, 11) is 3.21. The quantitative estimate of drug-likeness (QED) is 0.483. The van der Waals surface area contributed by atoms with Gasteiger partial charge in [0.1, 0.15) is 5.69 Å². The Morgan fingerprint density at radius 3 is 2.39 bits per heavy atom. The van der Waals surface area contributed by atoms with Crippen LogP contribution in [-0.2, 0) is 11.2 Å². The van der Waals surface area contributed by atoms with E-state index in [1.54, 1.807) is 14.2 Å². The van der Waals surface area contributed by atoms with E-state index in [-0.39, 0.29) is 11.8 Å². The molecule has 164 valence electrons. The SMILES string of the molecule is CCC(C(=O)Nc1c(-c2ccc(OC)c(OC)c2)n[nH]c1CC(C)C)c1ccccc1. The first kappa shape index (κ1) is 22.4. The fraction of sp³-hybridized carbons (Fsp3) is 0.360. The summed E-state index contributed by atoms with van der Waals surface area (Å²) in [4.78, 5) is 13.3. The van der Waals surface area contributed by atoms with Gasteiger partial charge in [0.15, 0.2) is 11.5 Å². The van der Waals surface area contributed by atoms with E-state index in [1.165, 1.54) is 0 Å².